The molecule has 0 saturated carbocycles. The van der Waals surface area contributed by atoms with Crippen molar-refractivity contribution >= 4 is 11.1 Å². The molecule has 0 aliphatic rings. The van der Waals surface area contributed by atoms with Crippen molar-refractivity contribution < 1.29 is 8.94 Å². The molecular weight excluding hydrogens is 332 g/mol. The molecule has 2 aromatic heterocycles. The molecule has 26 heavy (non-hydrogen) atoms. The van der Waals surface area contributed by atoms with E-state index in [-0.39, 0.29) is 6.04 Å². The van der Waals surface area contributed by atoms with Gasteiger partial charge < -0.3 is 8.94 Å². The van der Waals surface area contributed by atoms with Crippen LogP contribution in [0.3, 0.4) is 0 Å². The first-order valence-corrected chi connectivity index (χ1v) is 8.06. The minimum Gasteiger partial charge on any atom is -0.408 e. The molecular formula is C19H14N4O3. The third kappa shape index (κ3) is 2.58. The Morgan fingerprint density at radius 3 is 2.54 bits per heavy atom. The summed E-state index contributed by atoms with van der Waals surface area (Å²) >= 11 is 0. The Hall–Kier alpha value is -3.66. The van der Waals surface area contributed by atoms with E-state index in [0.717, 1.165) is 11.1 Å². The lowest BCUT2D eigenvalue weighted by Crippen LogP contribution is -2.15. The molecule has 0 unspecified atom stereocenters. The highest BCUT2D eigenvalue weighted by molar-refractivity contribution is 5.79. The lowest BCUT2D eigenvalue weighted by molar-refractivity contribution is 0.432. The molecule has 2 aromatic carbocycles. The molecule has 128 valence electrons. The summed E-state index contributed by atoms with van der Waals surface area (Å²) in [7, 11) is 0. The topological polar surface area (TPSA) is 97.9 Å². The lowest BCUT2D eigenvalue weighted by atomic mass is 10.1. The van der Waals surface area contributed by atoms with E-state index in [1.54, 1.807) is 34.9 Å². The van der Waals surface area contributed by atoms with Crippen molar-refractivity contribution in [3.8, 4) is 28.9 Å². The average molecular weight is 346 g/mol. The van der Waals surface area contributed by atoms with Crippen LogP contribution in [-0.2, 0) is 0 Å². The molecule has 0 atom stereocenters. The van der Waals surface area contributed by atoms with Gasteiger partial charge in [0.2, 0.25) is 5.82 Å². The van der Waals surface area contributed by atoms with Gasteiger partial charge in [-0.3, -0.25) is 4.57 Å². The number of rotatable bonds is 3. The highest BCUT2D eigenvalue weighted by Crippen LogP contribution is 2.26. The molecule has 0 bridgehead atoms. The lowest BCUT2D eigenvalue weighted by Gasteiger charge is -2.04. The van der Waals surface area contributed by atoms with E-state index < -0.39 is 5.76 Å². The monoisotopic (exact) mass is 346 g/mol. The van der Waals surface area contributed by atoms with Crippen LogP contribution in [0.4, 0.5) is 0 Å². The molecule has 0 spiro atoms. The van der Waals surface area contributed by atoms with Crippen molar-refractivity contribution in [2.45, 2.75) is 19.9 Å². The first-order chi connectivity index (χ1) is 12.6. The van der Waals surface area contributed by atoms with Gasteiger partial charge >= 0.3 is 5.76 Å². The van der Waals surface area contributed by atoms with Gasteiger partial charge in [0, 0.05) is 17.2 Å². The second kappa shape index (κ2) is 6.01. The van der Waals surface area contributed by atoms with Gasteiger partial charge in [-0.1, -0.05) is 5.16 Å². The average Bonchev–Trinajstić information content (AvgIpc) is 3.25. The maximum Gasteiger partial charge on any atom is 0.420 e. The molecule has 0 N–H and O–H groups in total. The van der Waals surface area contributed by atoms with Crippen molar-refractivity contribution in [2.75, 3.05) is 0 Å². The summed E-state index contributed by atoms with van der Waals surface area (Å²) in [6.45, 7) is 3.85. The molecule has 7 heteroatoms. The number of oxazole rings is 1. The molecule has 0 aliphatic carbocycles. The first-order valence-electron chi connectivity index (χ1n) is 8.06. The fourth-order valence-corrected chi connectivity index (χ4v) is 2.81. The van der Waals surface area contributed by atoms with Crippen LogP contribution in [0.25, 0.3) is 33.9 Å². The van der Waals surface area contributed by atoms with Crippen molar-refractivity contribution in [3.63, 3.8) is 0 Å². The van der Waals surface area contributed by atoms with Crippen LogP contribution in [0.5, 0.6) is 0 Å². The normalized spacial score (nSPS) is 11.2. The van der Waals surface area contributed by atoms with Crippen LogP contribution < -0.4 is 5.76 Å². The van der Waals surface area contributed by atoms with Crippen LogP contribution in [0.1, 0.15) is 25.5 Å². The van der Waals surface area contributed by atoms with Gasteiger partial charge in [-0.25, -0.2) is 4.79 Å². The van der Waals surface area contributed by atoms with E-state index in [9.17, 15) is 4.79 Å². The fraction of sp³-hybridized carbons (Fsp3) is 0.158. The number of nitriles is 1. The van der Waals surface area contributed by atoms with Crippen LogP contribution in [0.2, 0.25) is 0 Å². The van der Waals surface area contributed by atoms with Gasteiger partial charge in [0.1, 0.15) is 0 Å². The highest BCUT2D eigenvalue weighted by Gasteiger charge is 2.15. The summed E-state index contributed by atoms with van der Waals surface area (Å²) in [5, 5.41) is 12.9. The van der Waals surface area contributed by atoms with E-state index in [1.165, 1.54) is 0 Å². The van der Waals surface area contributed by atoms with Crippen LogP contribution in [-0.4, -0.2) is 14.7 Å². The molecule has 0 amide bonds. The molecule has 4 aromatic rings. The predicted molar refractivity (Wildman–Crippen MR) is 94.3 cm³/mol. The summed E-state index contributed by atoms with van der Waals surface area (Å²) in [6, 6.07) is 14.3. The Bertz CT molecular complexity index is 1190. The number of fused-ring (bicyclic) bond motifs is 1. The molecule has 0 saturated heterocycles. The zero-order valence-electron chi connectivity index (χ0n) is 14.1. The van der Waals surface area contributed by atoms with Gasteiger partial charge in [-0.05, 0) is 56.3 Å². The van der Waals surface area contributed by atoms with E-state index in [0.29, 0.717) is 28.4 Å². The third-order valence-corrected chi connectivity index (χ3v) is 4.07. The van der Waals surface area contributed by atoms with Gasteiger partial charge in [-0.2, -0.15) is 10.2 Å². The van der Waals surface area contributed by atoms with E-state index in [1.807, 2.05) is 26.0 Å². The van der Waals surface area contributed by atoms with E-state index in [2.05, 4.69) is 16.2 Å². The second-order valence-electron chi connectivity index (χ2n) is 6.13. The van der Waals surface area contributed by atoms with Gasteiger partial charge in [0.15, 0.2) is 5.58 Å². The number of hydrogen-bond acceptors (Lipinski definition) is 6. The Kier molecular flexibility index (Phi) is 3.66. The predicted octanol–water partition coefficient (Wildman–Crippen LogP) is 3.76. The molecule has 2 heterocycles. The quantitative estimate of drug-likeness (QED) is 0.560. The number of hydrogen-bond donors (Lipinski definition) is 0. The SMILES string of the molecule is CC(C)n1c(=O)oc2cc(-c3noc(-c4ccc(C#N)cc4)n3)ccc21. The van der Waals surface area contributed by atoms with Crippen molar-refractivity contribution in [2.24, 2.45) is 0 Å². The molecule has 4 rings (SSSR count). The fourth-order valence-electron chi connectivity index (χ4n) is 2.81. The third-order valence-electron chi connectivity index (χ3n) is 4.07. The number of aromatic nitrogens is 3. The Labute approximate surface area is 148 Å². The number of benzene rings is 2. The summed E-state index contributed by atoms with van der Waals surface area (Å²) in [5.74, 6) is 0.357. The Morgan fingerprint density at radius 1 is 1.12 bits per heavy atom. The Morgan fingerprint density at radius 2 is 1.85 bits per heavy atom. The smallest absolute Gasteiger partial charge is 0.408 e. The second-order valence-corrected chi connectivity index (χ2v) is 6.13. The largest absolute Gasteiger partial charge is 0.420 e. The van der Waals surface area contributed by atoms with Crippen molar-refractivity contribution in [1.82, 2.24) is 14.7 Å². The number of nitrogens with zero attached hydrogens (tertiary/aromatic N) is 4. The van der Waals surface area contributed by atoms with Gasteiger partial charge in [0.05, 0.1) is 17.1 Å². The molecule has 0 aliphatic heterocycles. The maximum absolute atomic E-state index is 12.0. The zero-order valence-corrected chi connectivity index (χ0v) is 14.1. The van der Waals surface area contributed by atoms with E-state index in [4.69, 9.17) is 14.2 Å². The maximum atomic E-state index is 12.0. The minimum atomic E-state index is -0.390. The van der Waals surface area contributed by atoms with E-state index >= 15 is 0 Å². The molecule has 0 fully saturated rings. The summed E-state index contributed by atoms with van der Waals surface area (Å²) < 4.78 is 12.2. The summed E-state index contributed by atoms with van der Waals surface area (Å²) in [4.78, 5) is 16.4. The standard InChI is InChI=1S/C19H14N4O3/c1-11(2)23-15-8-7-14(9-16(15)25-19(23)24)17-21-18(26-22-17)13-5-3-12(10-20)4-6-13/h3-9,11H,1-2H3. The zero-order chi connectivity index (χ0) is 18.3. The van der Waals surface area contributed by atoms with Crippen LogP contribution in [0, 0.1) is 11.3 Å². The highest BCUT2D eigenvalue weighted by atomic mass is 16.5. The Balaban J connectivity index is 1.73. The van der Waals surface area contributed by atoms with Crippen LogP contribution in [0.15, 0.2) is 56.2 Å². The summed E-state index contributed by atoms with van der Waals surface area (Å²) in [6.07, 6.45) is 0. The molecule has 0 radical (unpaired) electrons. The summed E-state index contributed by atoms with van der Waals surface area (Å²) in [5.41, 5.74) is 3.17. The van der Waals surface area contributed by atoms with Crippen molar-refractivity contribution in [1.29, 1.82) is 5.26 Å². The van der Waals surface area contributed by atoms with Crippen molar-refractivity contribution in [3.05, 3.63) is 58.6 Å². The first kappa shape index (κ1) is 15.8. The minimum absolute atomic E-state index is 0.00256. The van der Waals surface area contributed by atoms with Gasteiger partial charge in [0.25, 0.3) is 5.89 Å². The van der Waals surface area contributed by atoms with Crippen LogP contribution >= 0.6 is 0 Å². The molecule has 7 nitrogen and oxygen atoms in total. The van der Waals surface area contributed by atoms with Gasteiger partial charge in [-0.15, -0.1) is 0 Å².